The normalized spacial score (nSPS) is 12.4. The van der Waals surface area contributed by atoms with Crippen LogP contribution in [0.1, 0.15) is 49.1 Å². The first kappa shape index (κ1) is 16.5. The van der Waals surface area contributed by atoms with Gasteiger partial charge in [-0.15, -0.1) is 0 Å². The summed E-state index contributed by atoms with van der Waals surface area (Å²) in [6.45, 7) is 7.61. The van der Waals surface area contributed by atoms with Gasteiger partial charge >= 0.3 is 0 Å². The number of rotatable bonds is 6. The van der Waals surface area contributed by atoms with Crippen LogP contribution in [0, 0.1) is 3.57 Å². The lowest BCUT2D eigenvalue weighted by Crippen LogP contribution is -2.23. The van der Waals surface area contributed by atoms with Gasteiger partial charge in [0.25, 0.3) is 0 Å². The van der Waals surface area contributed by atoms with Gasteiger partial charge in [-0.1, -0.05) is 57.2 Å². The third-order valence-corrected chi connectivity index (χ3v) is 4.93. The van der Waals surface area contributed by atoms with Crippen LogP contribution >= 0.6 is 22.6 Å². The van der Waals surface area contributed by atoms with Crippen LogP contribution in [-0.4, -0.2) is 6.54 Å². The van der Waals surface area contributed by atoms with E-state index in [4.69, 9.17) is 0 Å². The monoisotopic (exact) mass is 393 g/mol. The lowest BCUT2D eigenvalue weighted by molar-refractivity contribution is 0.627. The molecule has 0 bridgehead atoms. The van der Waals surface area contributed by atoms with Crippen molar-refractivity contribution < 1.29 is 0 Å². The Morgan fingerprint density at radius 1 is 0.952 bits per heavy atom. The molecule has 112 valence electrons. The first-order chi connectivity index (χ1) is 10.2. The molecule has 2 aromatic carbocycles. The van der Waals surface area contributed by atoms with Crippen molar-refractivity contribution in [3.8, 4) is 0 Å². The van der Waals surface area contributed by atoms with Crippen LogP contribution in [0.2, 0.25) is 0 Å². The fourth-order valence-corrected chi connectivity index (χ4v) is 3.52. The molecule has 0 aliphatic rings. The first-order valence-corrected chi connectivity index (χ1v) is 8.88. The molecule has 2 rings (SSSR count). The molecule has 1 atom stereocenters. The van der Waals surface area contributed by atoms with Gasteiger partial charge in [0.05, 0.1) is 6.04 Å². The topological polar surface area (TPSA) is 12.0 Å². The molecule has 2 aromatic rings. The highest BCUT2D eigenvalue weighted by atomic mass is 127. The van der Waals surface area contributed by atoms with Crippen molar-refractivity contribution in [1.29, 1.82) is 0 Å². The fraction of sp³-hybridized carbons (Fsp3) is 0.368. The van der Waals surface area contributed by atoms with Gasteiger partial charge in [-0.05, 0) is 70.3 Å². The summed E-state index contributed by atoms with van der Waals surface area (Å²) in [5.41, 5.74) is 5.68. The average Bonchev–Trinajstić information content (AvgIpc) is 2.53. The van der Waals surface area contributed by atoms with Gasteiger partial charge in [-0.2, -0.15) is 0 Å². The molecule has 0 aromatic heterocycles. The Kier molecular flexibility index (Phi) is 6.24. The standard InChI is InChI=1S/C19H24IN/c1-4-14-11-12-16(13-15(14)5-2)19(21-6-3)17-9-7-8-10-18(17)20/h7-13,19,21H,4-6H2,1-3H3. The molecule has 2 heteroatoms. The molecule has 0 radical (unpaired) electrons. The van der Waals surface area contributed by atoms with E-state index in [1.807, 2.05) is 0 Å². The summed E-state index contributed by atoms with van der Waals surface area (Å²) in [6.07, 6.45) is 2.21. The zero-order valence-electron chi connectivity index (χ0n) is 13.1. The van der Waals surface area contributed by atoms with E-state index in [1.165, 1.54) is 25.8 Å². The van der Waals surface area contributed by atoms with Crippen LogP contribution < -0.4 is 5.32 Å². The second-order valence-electron chi connectivity index (χ2n) is 5.25. The van der Waals surface area contributed by atoms with E-state index in [1.54, 1.807) is 0 Å². The van der Waals surface area contributed by atoms with Crippen molar-refractivity contribution in [3.63, 3.8) is 0 Å². The summed E-state index contributed by atoms with van der Waals surface area (Å²) in [5, 5.41) is 3.64. The molecule has 0 fully saturated rings. The van der Waals surface area contributed by atoms with Gasteiger partial charge in [-0.25, -0.2) is 0 Å². The van der Waals surface area contributed by atoms with Crippen LogP contribution in [0.5, 0.6) is 0 Å². The molecule has 0 saturated carbocycles. The minimum absolute atomic E-state index is 0.277. The first-order valence-electron chi connectivity index (χ1n) is 7.80. The lowest BCUT2D eigenvalue weighted by atomic mass is 9.93. The fourth-order valence-electron chi connectivity index (χ4n) is 2.82. The quantitative estimate of drug-likeness (QED) is 0.673. The van der Waals surface area contributed by atoms with Crippen molar-refractivity contribution in [2.45, 2.75) is 39.7 Å². The van der Waals surface area contributed by atoms with Crippen molar-refractivity contribution in [2.24, 2.45) is 0 Å². The maximum atomic E-state index is 3.64. The summed E-state index contributed by atoms with van der Waals surface area (Å²) in [4.78, 5) is 0. The highest BCUT2D eigenvalue weighted by Crippen LogP contribution is 2.28. The molecule has 1 unspecified atom stereocenters. The number of hydrogen-bond donors (Lipinski definition) is 1. The van der Waals surface area contributed by atoms with Crippen molar-refractivity contribution in [2.75, 3.05) is 6.54 Å². The summed E-state index contributed by atoms with van der Waals surface area (Å²) in [6, 6.07) is 15.9. The van der Waals surface area contributed by atoms with Gasteiger partial charge in [0.2, 0.25) is 0 Å². The molecule has 0 saturated heterocycles. The largest absolute Gasteiger partial charge is 0.306 e. The number of aryl methyl sites for hydroxylation is 2. The van der Waals surface area contributed by atoms with Crippen LogP contribution in [0.25, 0.3) is 0 Å². The zero-order valence-corrected chi connectivity index (χ0v) is 15.3. The van der Waals surface area contributed by atoms with Crippen molar-refractivity contribution in [3.05, 3.63) is 68.3 Å². The van der Waals surface area contributed by atoms with E-state index in [0.717, 1.165) is 19.4 Å². The van der Waals surface area contributed by atoms with E-state index in [-0.39, 0.29) is 6.04 Å². The minimum Gasteiger partial charge on any atom is -0.306 e. The second kappa shape index (κ2) is 7.95. The highest BCUT2D eigenvalue weighted by Gasteiger charge is 2.16. The molecule has 0 amide bonds. The predicted molar refractivity (Wildman–Crippen MR) is 99.9 cm³/mol. The number of halogens is 1. The minimum atomic E-state index is 0.277. The average molecular weight is 393 g/mol. The van der Waals surface area contributed by atoms with Gasteiger partial charge in [0.1, 0.15) is 0 Å². The van der Waals surface area contributed by atoms with Crippen molar-refractivity contribution in [1.82, 2.24) is 5.32 Å². The van der Waals surface area contributed by atoms with E-state index in [0.29, 0.717) is 0 Å². The number of hydrogen-bond acceptors (Lipinski definition) is 1. The Hall–Kier alpha value is -0.870. The van der Waals surface area contributed by atoms with Gasteiger partial charge < -0.3 is 5.32 Å². The number of benzene rings is 2. The van der Waals surface area contributed by atoms with Crippen LogP contribution in [-0.2, 0) is 12.8 Å². The maximum Gasteiger partial charge on any atom is 0.0587 e. The van der Waals surface area contributed by atoms with Gasteiger partial charge in [0, 0.05) is 3.57 Å². The molecular formula is C19H24IN. The Bertz CT molecular complexity index is 592. The van der Waals surface area contributed by atoms with Gasteiger partial charge in [0.15, 0.2) is 0 Å². The molecule has 0 aliphatic heterocycles. The summed E-state index contributed by atoms with van der Waals surface area (Å²) in [5.74, 6) is 0. The second-order valence-corrected chi connectivity index (χ2v) is 6.41. The molecule has 0 aliphatic carbocycles. The van der Waals surface area contributed by atoms with Crippen LogP contribution in [0.3, 0.4) is 0 Å². The van der Waals surface area contributed by atoms with Crippen molar-refractivity contribution >= 4 is 22.6 Å². The Balaban J connectivity index is 2.46. The highest BCUT2D eigenvalue weighted by molar-refractivity contribution is 14.1. The molecule has 0 spiro atoms. The maximum absolute atomic E-state index is 3.64. The SMILES string of the molecule is CCNC(c1ccc(CC)c(CC)c1)c1ccccc1I. The smallest absolute Gasteiger partial charge is 0.0587 e. The van der Waals surface area contributed by atoms with E-state index in [9.17, 15) is 0 Å². The summed E-state index contributed by atoms with van der Waals surface area (Å²) in [7, 11) is 0. The molecular weight excluding hydrogens is 369 g/mol. The Morgan fingerprint density at radius 3 is 2.29 bits per heavy atom. The van der Waals surface area contributed by atoms with Gasteiger partial charge in [-0.3, -0.25) is 0 Å². The predicted octanol–water partition coefficient (Wildman–Crippen LogP) is 5.11. The molecule has 21 heavy (non-hydrogen) atoms. The van der Waals surface area contributed by atoms with E-state index < -0.39 is 0 Å². The van der Waals surface area contributed by atoms with Crippen LogP contribution in [0.4, 0.5) is 0 Å². The zero-order chi connectivity index (χ0) is 15.2. The van der Waals surface area contributed by atoms with E-state index in [2.05, 4.69) is 91.1 Å². The summed E-state index contributed by atoms with van der Waals surface area (Å²) >= 11 is 2.43. The molecule has 1 nitrogen and oxygen atoms in total. The molecule has 1 N–H and O–H groups in total. The third kappa shape index (κ3) is 3.86. The third-order valence-electron chi connectivity index (χ3n) is 3.95. The van der Waals surface area contributed by atoms with Crippen LogP contribution in [0.15, 0.2) is 42.5 Å². The number of nitrogens with one attached hydrogen (secondary N) is 1. The Morgan fingerprint density at radius 2 is 1.67 bits per heavy atom. The van der Waals surface area contributed by atoms with E-state index >= 15 is 0 Å². The summed E-state index contributed by atoms with van der Waals surface area (Å²) < 4.78 is 1.32. The molecule has 0 heterocycles. The lowest BCUT2D eigenvalue weighted by Gasteiger charge is -2.22. The Labute approximate surface area is 142 Å².